The third-order valence-electron chi connectivity index (χ3n) is 2.51. The van der Waals surface area contributed by atoms with Crippen molar-refractivity contribution in [3.05, 3.63) is 47.9 Å². The van der Waals surface area contributed by atoms with Crippen molar-refractivity contribution < 1.29 is 9.13 Å². The maximum absolute atomic E-state index is 13.1. The molecule has 2 aromatic rings. The van der Waals surface area contributed by atoms with Crippen molar-refractivity contribution in [1.82, 2.24) is 4.98 Å². The molecule has 0 saturated carbocycles. The summed E-state index contributed by atoms with van der Waals surface area (Å²) in [7, 11) is 1.57. The number of ether oxygens (including phenoxy) is 1. The van der Waals surface area contributed by atoms with E-state index in [1.165, 1.54) is 12.1 Å². The predicted molar refractivity (Wildman–Crippen MR) is 64.1 cm³/mol. The van der Waals surface area contributed by atoms with Gasteiger partial charge in [-0.15, -0.1) is 0 Å². The molecule has 0 spiro atoms. The summed E-state index contributed by atoms with van der Waals surface area (Å²) >= 11 is 0. The number of nitrogens with two attached hydrogens (primary N) is 1. The highest BCUT2D eigenvalue weighted by Gasteiger charge is 2.06. The van der Waals surface area contributed by atoms with Crippen LogP contribution in [0.2, 0.25) is 0 Å². The third-order valence-corrected chi connectivity index (χ3v) is 2.51. The third kappa shape index (κ3) is 2.42. The van der Waals surface area contributed by atoms with Crippen LogP contribution >= 0.6 is 0 Å². The van der Waals surface area contributed by atoms with Crippen LogP contribution in [0.4, 0.5) is 4.39 Å². The molecule has 0 aliphatic rings. The monoisotopic (exact) mass is 232 g/mol. The smallest absolute Gasteiger partial charge is 0.141 e. The molecule has 1 aromatic carbocycles. The summed E-state index contributed by atoms with van der Waals surface area (Å²) in [5.41, 5.74) is 7.88. The van der Waals surface area contributed by atoms with Crippen LogP contribution in [0.3, 0.4) is 0 Å². The molecule has 0 unspecified atom stereocenters. The second-order valence-electron chi connectivity index (χ2n) is 3.60. The Bertz CT molecular complexity index is 529. The molecule has 0 aliphatic carbocycles. The van der Waals surface area contributed by atoms with Crippen molar-refractivity contribution in [3.8, 4) is 17.0 Å². The Kier molecular flexibility index (Phi) is 3.35. The fraction of sp³-hybridized carbons (Fsp3) is 0.154. The molecule has 0 atom stereocenters. The summed E-state index contributed by atoms with van der Waals surface area (Å²) in [4.78, 5) is 4.22. The lowest BCUT2D eigenvalue weighted by molar-refractivity contribution is 0.408. The Morgan fingerprint density at radius 3 is 2.82 bits per heavy atom. The first-order chi connectivity index (χ1) is 8.24. The fourth-order valence-corrected chi connectivity index (χ4v) is 1.63. The van der Waals surface area contributed by atoms with Gasteiger partial charge in [0.25, 0.3) is 0 Å². The minimum atomic E-state index is -0.283. The molecule has 2 N–H and O–H groups in total. The highest BCUT2D eigenvalue weighted by Crippen LogP contribution is 2.24. The summed E-state index contributed by atoms with van der Waals surface area (Å²) < 4.78 is 18.2. The molecule has 0 amide bonds. The lowest BCUT2D eigenvalue weighted by Crippen LogP contribution is -2.01. The molecule has 1 aromatic heterocycles. The minimum Gasteiger partial charge on any atom is -0.495 e. The van der Waals surface area contributed by atoms with Crippen LogP contribution in [0.15, 0.2) is 36.5 Å². The van der Waals surface area contributed by atoms with Crippen molar-refractivity contribution in [1.29, 1.82) is 0 Å². The molecule has 17 heavy (non-hydrogen) atoms. The molecule has 1 heterocycles. The zero-order valence-electron chi connectivity index (χ0n) is 9.48. The number of halogens is 1. The first kappa shape index (κ1) is 11.5. The highest BCUT2D eigenvalue weighted by molar-refractivity contribution is 5.61. The van der Waals surface area contributed by atoms with E-state index in [1.54, 1.807) is 25.4 Å². The van der Waals surface area contributed by atoms with Gasteiger partial charge in [-0.05, 0) is 18.2 Å². The lowest BCUT2D eigenvalue weighted by atomic mass is 10.1. The van der Waals surface area contributed by atoms with Crippen LogP contribution < -0.4 is 10.5 Å². The first-order valence-corrected chi connectivity index (χ1v) is 5.23. The molecule has 2 rings (SSSR count). The number of pyridine rings is 1. The van der Waals surface area contributed by atoms with Gasteiger partial charge >= 0.3 is 0 Å². The number of nitrogens with zero attached hydrogens (tertiary/aromatic N) is 1. The second kappa shape index (κ2) is 4.93. The quantitative estimate of drug-likeness (QED) is 0.883. The molecular formula is C13H13FN2O. The maximum atomic E-state index is 13.1. The van der Waals surface area contributed by atoms with E-state index in [0.29, 0.717) is 18.0 Å². The Morgan fingerprint density at radius 1 is 1.35 bits per heavy atom. The number of hydrogen-bond donors (Lipinski definition) is 1. The average Bonchev–Trinajstić information content (AvgIpc) is 2.38. The van der Waals surface area contributed by atoms with Gasteiger partial charge in [-0.3, -0.25) is 4.98 Å². The largest absolute Gasteiger partial charge is 0.495 e. The zero-order valence-corrected chi connectivity index (χ0v) is 9.48. The molecular weight excluding hydrogens is 219 g/mol. The SMILES string of the molecule is COc1cnc(-c2cccc(F)c2)cc1CN. The zero-order chi connectivity index (χ0) is 12.3. The van der Waals surface area contributed by atoms with Gasteiger partial charge in [-0.25, -0.2) is 4.39 Å². The summed E-state index contributed by atoms with van der Waals surface area (Å²) in [5.74, 6) is 0.363. The molecule has 0 saturated heterocycles. The van der Waals surface area contributed by atoms with E-state index < -0.39 is 0 Å². The van der Waals surface area contributed by atoms with E-state index in [1.807, 2.05) is 6.07 Å². The van der Waals surface area contributed by atoms with Crippen molar-refractivity contribution in [2.45, 2.75) is 6.54 Å². The normalized spacial score (nSPS) is 10.3. The number of methoxy groups -OCH3 is 1. The van der Waals surface area contributed by atoms with E-state index in [2.05, 4.69) is 4.98 Å². The van der Waals surface area contributed by atoms with Gasteiger partial charge in [0.15, 0.2) is 0 Å². The minimum absolute atomic E-state index is 0.283. The van der Waals surface area contributed by atoms with E-state index >= 15 is 0 Å². The highest BCUT2D eigenvalue weighted by atomic mass is 19.1. The van der Waals surface area contributed by atoms with E-state index in [4.69, 9.17) is 10.5 Å². The van der Waals surface area contributed by atoms with Crippen LogP contribution in [-0.4, -0.2) is 12.1 Å². The van der Waals surface area contributed by atoms with E-state index in [0.717, 1.165) is 11.1 Å². The number of rotatable bonds is 3. The van der Waals surface area contributed by atoms with Gasteiger partial charge in [0.1, 0.15) is 11.6 Å². The van der Waals surface area contributed by atoms with Crippen molar-refractivity contribution >= 4 is 0 Å². The van der Waals surface area contributed by atoms with Gasteiger partial charge in [0, 0.05) is 17.7 Å². The fourth-order valence-electron chi connectivity index (χ4n) is 1.63. The molecule has 0 fully saturated rings. The van der Waals surface area contributed by atoms with Crippen molar-refractivity contribution in [2.24, 2.45) is 5.73 Å². The maximum Gasteiger partial charge on any atom is 0.141 e. The number of aromatic nitrogens is 1. The number of benzene rings is 1. The van der Waals surface area contributed by atoms with Gasteiger partial charge in [0.05, 0.1) is 19.0 Å². The molecule has 0 radical (unpaired) electrons. The molecule has 0 aliphatic heterocycles. The van der Waals surface area contributed by atoms with E-state index in [9.17, 15) is 4.39 Å². The Balaban J connectivity index is 2.46. The van der Waals surface area contributed by atoms with Gasteiger partial charge in [0.2, 0.25) is 0 Å². The molecule has 3 nitrogen and oxygen atoms in total. The van der Waals surface area contributed by atoms with Crippen molar-refractivity contribution in [2.75, 3.05) is 7.11 Å². The standard InChI is InChI=1S/C13H13FN2O/c1-17-13-8-16-12(6-10(13)7-15)9-3-2-4-11(14)5-9/h2-6,8H,7,15H2,1H3. The Labute approximate surface area is 99.1 Å². The molecule has 4 heteroatoms. The number of hydrogen-bond acceptors (Lipinski definition) is 3. The van der Waals surface area contributed by atoms with Gasteiger partial charge in [-0.2, -0.15) is 0 Å². The lowest BCUT2D eigenvalue weighted by Gasteiger charge is -2.08. The van der Waals surface area contributed by atoms with Crippen LogP contribution in [0.1, 0.15) is 5.56 Å². The van der Waals surface area contributed by atoms with Crippen LogP contribution in [0.5, 0.6) is 5.75 Å². The van der Waals surface area contributed by atoms with Crippen LogP contribution in [0, 0.1) is 5.82 Å². The van der Waals surface area contributed by atoms with Crippen molar-refractivity contribution in [3.63, 3.8) is 0 Å². The predicted octanol–water partition coefficient (Wildman–Crippen LogP) is 2.35. The van der Waals surface area contributed by atoms with Crippen LogP contribution in [-0.2, 0) is 6.54 Å². The summed E-state index contributed by atoms with van der Waals surface area (Å²) in [6.45, 7) is 0.355. The van der Waals surface area contributed by atoms with Gasteiger partial charge < -0.3 is 10.5 Å². The summed E-state index contributed by atoms with van der Waals surface area (Å²) in [6.07, 6.45) is 1.60. The average molecular weight is 232 g/mol. The molecule has 88 valence electrons. The topological polar surface area (TPSA) is 48.1 Å². The Morgan fingerprint density at radius 2 is 2.18 bits per heavy atom. The first-order valence-electron chi connectivity index (χ1n) is 5.23. The van der Waals surface area contributed by atoms with E-state index in [-0.39, 0.29) is 5.82 Å². The summed E-state index contributed by atoms with van der Waals surface area (Å²) in [5, 5.41) is 0. The summed E-state index contributed by atoms with van der Waals surface area (Å²) in [6, 6.07) is 8.11. The van der Waals surface area contributed by atoms with Gasteiger partial charge in [-0.1, -0.05) is 12.1 Å². The van der Waals surface area contributed by atoms with Crippen LogP contribution in [0.25, 0.3) is 11.3 Å². The molecule has 0 bridgehead atoms. The second-order valence-corrected chi connectivity index (χ2v) is 3.60. The Hall–Kier alpha value is -1.94.